The minimum atomic E-state index is -4.27. The van der Waals surface area contributed by atoms with Gasteiger partial charge in [-0.3, -0.25) is 0 Å². The molecule has 0 aromatic heterocycles. The molecule has 1 aromatic rings. The summed E-state index contributed by atoms with van der Waals surface area (Å²) >= 11 is 1.69. The Morgan fingerprint density at radius 1 is 1.12 bits per heavy atom. The molecule has 2 rings (SSSR count). The normalized spacial score (nSPS) is 15.4. The van der Waals surface area contributed by atoms with Gasteiger partial charge < -0.3 is 4.55 Å². The minimum absolute atomic E-state index is 0.178. The molecule has 1 heterocycles. The van der Waals surface area contributed by atoms with Crippen molar-refractivity contribution in [1.29, 1.82) is 0 Å². The molecule has 1 aromatic carbocycles. The molecule has 5 heteroatoms. The average Bonchev–Trinajstić information content (AvgIpc) is 2.74. The van der Waals surface area contributed by atoms with Crippen LogP contribution in [-0.4, -0.2) is 24.5 Å². The maximum Gasteiger partial charge on any atom is 0.124 e. The highest BCUT2D eigenvalue weighted by Crippen LogP contribution is 2.08. The number of hydrogen-bond donors (Lipinski definition) is 0. The fourth-order valence-corrected chi connectivity index (χ4v) is 2.85. The van der Waals surface area contributed by atoms with E-state index in [1.807, 2.05) is 6.92 Å². The van der Waals surface area contributed by atoms with Crippen molar-refractivity contribution >= 4 is 21.9 Å². The van der Waals surface area contributed by atoms with E-state index >= 15 is 0 Å². The van der Waals surface area contributed by atoms with E-state index in [1.165, 1.54) is 36.5 Å². The van der Waals surface area contributed by atoms with Gasteiger partial charge in [-0.05, 0) is 43.7 Å². The molecule has 0 amide bonds. The zero-order valence-electron chi connectivity index (χ0n) is 9.22. The van der Waals surface area contributed by atoms with E-state index in [0.29, 0.717) is 0 Å². The minimum Gasteiger partial charge on any atom is -0.744 e. The lowest BCUT2D eigenvalue weighted by atomic mass is 10.2. The van der Waals surface area contributed by atoms with Crippen molar-refractivity contribution in [3.05, 3.63) is 29.8 Å². The Bertz CT molecular complexity index is 398. The summed E-state index contributed by atoms with van der Waals surface area (Å²) in [7, 11) is -4.27. The molecule has 90 valence electrons. The van der Waals surface area contributed by atoms with Crippen molar-refractivity contribution in [2.45, 2.75) is 24.7 Å². The van der Waals surface area contributed by atoms with Crippen LogP contribution in [0.1, 0.15) is 18.4 Å². The quantitative estimate of drug-likeness (QED) is 0.437. The summed E-state index contributed by atoms with van der Waals surface area (Å²) in [5, 5.41) is 0. The molecule has 1 fully saturated rings. The molecule has 1 saturated heterocycles. The number of benzene rings is 1. The molecule has 0 radical (unpaired) electrons. The fraction of sp³-hybridized carbons (Fsp3) is 0.455. The van der Waals surface area contributed by atoms with Crippen molar-refractivity contribution in [3.63, 3.8) is 0 Å². The summed E-state index contributed by atoms with van der Waals surface area (Å²) in [5.74, 6) is 2.94. The lowest BCUT2D eigenvalue weighted by Crippen LogP contribution is -1.97. The lowest BCUT2D eigenvalue weighted by Gasteiger charge is -2.05. The van der Waals surface area contributed by atoms with E-state index < -0.39 is 10.1 Å². The van der Waals surface area contributed by atoms with Gasteiger partial charge in [-0.1, -0.05) is 17.7 Å². The first-order valence-electron chi connectivity index (χ1n) is 5.16. The predicted molar refractivity (Wildman–Crippen MR) is 66.9 cm³/mol. The van der Waals surface area contributed by atoms with Crippen LogP contribution in [0.4, 0.5) is 0 Å². The zero-order valence-corrected chi connectivity index (χ0v) is 10.9. The van der Waals surface area contributed by atoms with Crippen LogP contribution in [0.3, 0.4) is 0 Å². The molecule has 0 bridgehead atoms. The Kier molecular flexibility index (Phi) is 5.31. The van der Waals surface area contributed by atoms with Gasteiger partial charge in [0.25, 0.3) is 0 Å². The largest absolute Gasteiger partial charge is 0.744 e. The van der Waals surface area contributed by atoms with E-state index in [-0.39, 0.29) is 4.90 Å². The van der Waals surface area contributed by atoms with E-state index in [1.54, 1.807) is 23.9 Å². The molecule has 0 aliphatic carbocycles. The lowest BCUT2D eigenvalue weighted by molar-refractivity contribution is 0.463. The molecule has 0 saturated carbocycles. The van der Waals surface area contributed by atoms with Gasteiger partial charge in [0.1, 0.15) is 21.6 Å². The average molecular weight is 260 g/mol. The van der Waals surface area contributed by atoms with Crippen molar-refractivity contribution in [2.75, 3.05) is 11.5 Å². The topological polar surface area (TPSA) is 57.2 Å². The molecule has 0 unspecified atom stereocenters. The second-order valence-corrected chi connectivity index (χ2v) is 6.37. The van der Waals surface area contributed by atoms with E-state index in [2.05, 4.69) is 0 Å². The third kappa shape index (κ3) is 5.01. The highest BCUT2D eigenvalue weighted by atomic mass is 32.2. The summed E-state index contributed by atoms with van der Waals surface area (Å²) in [6.45, 7) is 1.82. The summed E-state index contributed by atoms with van der Waals surface area (Å²) in [6.07, 6.45) is 2.98. The van der Waals surface area contributed by atoms with Crippen LogP contribution in [0.5, 0.6) is 0 Å². The highest BCUT2D eigenvalue weighted by Gasteiger charge is 2.04. The summed E-state index contributed by atoms with van der Waals surface area (Å²) in [6, 6.07) is 5.78. The summed E-state index contributed by atoms with van der Waals surface area (Å²) < 4.78 is 31.2. The summed E-state index contributed by atoms with van der Waals surface area (Å²) in [4.78, 5) is -0.178. The third-order valence-corrected chi connectivity index (χ3v) is 4.31. The first kappa shape index (κ1) is 13.5. The SMILES string of the molecule is C1CC[SH+]C1.Cc1ccc(S(=O)(=O)[O-])cc1. The van der Waals surface area contributed by atoms with Gasteiger partial charge in [0.05, 0.1) is 4.90 Å². The molecule has 3 nitrogen and oxygen atoms in total. The van der Waals surface area contributed by atoms with Gasteiger partial charge in [-0.2, -0.15) is 0 Å². The molecule has 1 aliphatic rings. The van der Waals surface area contributed by atoms with Crippen LogP contribution >= 0.6 is 0 Å². The van der Waals surface area contributed by atoms with Gasteiger partial charge in [0, 0.05) is 0 Å². The van der Waals surface area contributed by atoms with Crippen LogP contribution in [0.25, 0.3) is 0 Å². The van der Waals surface area contributed by atoms with Crippen molar-refractivity contribution in [2.24, 2.45) is 0 Å². The van der Waals surface area contributed by atoms with Gasteiger partial charge in [0.2, 0.25) is 0 Å². The maximum atomic E-state index is 10.4. The number of rotatable bonds is 1. The second-order valence-electron chi connectivity index (χ2n) is 3.65. The molecule has 16 heavy (non-hydrogen) atoms. The third-order valence-electron chi connectivity index (χ3n) is 2.19. The zero-order chi connectivity index (χ0) is 12.0. The fourth-order valence-electron chi connectivity index (χ4n) is 1.26. The first-order chi connectivity index (χ1) is 7.50. The number of hydrogen-bond acceptors (Lipinski definition) is 3. The molecular weight excluding hydrogens is 244 g/mol. The Morgan fingerprint density at radius 2 is 1.62 bits per heavy atom. The van der Waals surface area contributed by atoms with Gasteiger partial charge in [0.15, 0.2) is 0 Å². The molecule has 0 spiro atoms. The van der Waals surface area contributed by atoms with Gasteiger partial charge >= 0.3 is 0 Å². The van der Waals surface area contributed by atoms with Crippen LogP contribution in [0.2, 0.25) is 0 Å². The van der Waals surface area contributed by atoms with Crippen LogP contribution in [0.15, 0.2) is 29.2 Å². The van der Waals surface area contributed by atoms with E-state index in [9.17, 15) is 13.0 Å². The molecular formula is C11H16O3S2. The standard InChI is InChI=1S/C7H8O3S.C4H8S/c1-6-2-4-7(5-3-6)11(8,9)10;1-2-4-5-3-1/h2-5H,1H3,(H,8,9,10);1-4H2. The predicted octanol–water partition coefficient (Wildman–Crippen LogP) is 1.49. The number of thiol groups is 1. The van der Waals surface area contributed by atoms with Crippen LogP contribution in [0, 0.1) is 6.92 Å². The molecule has 0 atom stereocenters. The van der Waals surface area contributed by atoms with Crippen molar-refractivity contribution in [1.82, 2.24) is 0 Å². The van der Waals surface area contributed by atoms with Gasteiger partial charge in [-0.15, -0.1) is 0 Å². The summed E-state index contributed by atoms with van der Waals surface area (Å²) in [5.41, 5.74) is 0.928. The van der Waals surface area contributed by atoms with Crippen molar-refractivity contribution < 1.29 is 13.0 Å². The van der Waals surface area contributed by atoms with E-state index in [0.717, 1.165) is 5.56 Å². The van der Waals surface area contributed by atoms with E-state index in [4.69, 9.17) is 0 Å². The van der Waals surface area contributed by atoms with Gasteiger partial charge in [-0.25, -0.2) is 8.42 Å². The molecule has 0 N–H and O–H groups in total. The maximum absolute atomic E-state index is 10.4. The Balaban J connectivity index is 0.000000212. The second kappa shape index (κ2) is 6.27. The van der Waals surface area contributed by atoms with Crippen LogP contribution in [-0.2, 0) is 21.9 Å². The highest BCUT2D eigenvalue weighted by molar-refractivity contribution is 7.85. The Labute approximate surface area is 101 Å². The van der Waals surface area contributed by atoms with Crippen molar-refractivity contribution in [3.8, 4) is 0 Å². The first-order valence-corrected chi connectivity index (χ1v) is 7.83. The molecule has 1 aliphatic heterocycles. The smallest absolute Gasteiger partial charge is 0.124 e. The Morgan fingerprint density at radius 3 is 1.94 bits per heavy atom. The van der Waals surface area contributed by atoms with Crippen LogP contribution < -0.4 is 0 Å². The number of aryl methyl sites for hydroxylation is 1. The monoisotopic (exact) mass is 260 g/mol. The Hall–Kier alpha value is -0.520.